The van der Waals surface area contributed by atoms with Gasteiger partial charge in [-0.2, -0.15) is 0 Å². The van der Waals surface area contributed by atoms with Crippen molar-refractivity contribution >= 4 is 5.65 Å². The number of hydrogen-bond acceptors (Lipinski definition) is 3. The molecule has 3 heterocycles. The first kappa shape index (κ1) is 10.6. The first-order valence-corrected chi connectivity index (χ1v) is 6.09. The van der Waals surface area contributed by atoms with Crippen LogP contribution in [0.4, 0.5) is 0 Å². The maximum atomic E-state index is 9.74. The number of fused-ring (bicyclic) bond motifs is 1. The lowest BCUT2D eigenvalue weighted by Crippen LogP contribution is -2.30. The predicted molar refractivity (Wildman–Crippen MR) is 66.3 cm³/mol. The van der Waals surface area contributed by atoms with Crippen molar-refractivity contribution in [3.63, 3.8) is 0 Å². The van der Waals surface area contributed by atoms with Gasteiger partial charge in [0.1, 0.15) is 0 Å². The summed E-state index contributed by atoms with van der Waals surface area (Å²) in [4.78, 5) is 6.90. The molecule has 4 heteroatoms. The van der Waals surface area contributed by atoms with Gasteiger partial charge in [0.05, 0.1) is 5.69 Å². The fourth-order valence-electron chi connectivity index (χ4n) is 2.62. The zero-order valence-electron chi connectivity index (χ0n) is 10.0. The third-order valence-electron chi connectivity index (χ3n) is 3.52. The van der Waals surface area contributed by atoms with Crippen molar-refractivity contribution in [3.05, 3.63) is 30.2 Å². The van der Waals surface area contributed by atoms with Gasteiger partial charge in [0.2, 0.25) is 0 Å². The highest BCUT2D eigenvalue weighted by Crippen LogP contribution is 2.27. The van der Waals surface area contributed by atoms with Crippen LogP contribution < -0.4 is 0 Å². The van der Waals surface area contributed by atoms with Crippen molar-refractivity contribution in [2.24, 2.45) is 0 Å². The van der Waals surface area contributed by atoms with E-state index in [1.165, 1.54) is 19.4 Å². The van der Waals surface area contributed by atoms with Crippen molar-refractivity contribution in [3.8, 4) is 5.75 Å². The number of rotatable bonds is 1. The van der Waals surface area contributed by atoms with E-state index >= 15 is 0 Å². The van der Waals surface area contributed by atoms with Crippen LogP contribution in [-0.2, 0) is 0 Å². The van der Waals surface area contributed by atoms with Crippen molar-refractivity contribution < 1.29 is 5.11 Å². The van der Waals surface area contributed by atoms with Crippen LogP contribution in [0.15, 0.2) is 24.5 Å². The quantitative estimate of drug-likeness (QED) is 0.814. The zero-order valence-corrected chi connectivity index (χ0v) is 10.0. The summed E-state index contributed by atoms with van der Waals surface area (Å²) in [6.45, 7) is 2.24. The van der Waals surface area contributed by atoms with Crippen molar-refractivity contribution in [1.29, 1.82) is 0 Å². The summed E-state index contributed by atoms with van der Waals surface area (Å²) in [7, 11) is 2.15. The fraction of sp³-hybridized carbons (Fsp3) is 0.462. The van der Waals surface area contributed by atoms with E-state index in [-0.39, 0.29) is 5.75 Å². The lowest BCUT2D eigenvalue weighted by Gasteiger charge is -2.28. The maximum Gasteiger partial charge on any atom is 0.179 e. The van der Waals surface area contributed by atoms with Crippen LogP contribution in [0, 0.1) is 0 Å². The molecule has 0 bridgehead atoms. The Morgan fingerprint density at radius 2 is 2.35 bits per heavy atom. The molecule has 2 aromatic heterocycles. The minimum Gasteiger partial charge on any atom is -0.504 e. The van der Waals surface area contributed by atoms with Gasteiger partial charge in [0.15, 0.2) is 11.4 Å². The second-order valence-electron chi connectivity index (χ2n) is 4.89. The predicted octanol–water partition coefficient (Wildman–Crippen LogP) is 1.85. The molecule has 1 saturated heterocycles. The molecule has 0 aliphatic carbocycles. The van der Waals surface area contributed by atoms with E-state index < -0.39 is 0 Å². The molecule has 4 nitrogen and oxygen atoms in total. The van der Waals surface area contributed by atoms with E-state index in [4.69, 9.17) is 0 Å². The second kappa shape index (κ2) is 4.04. The Kier molecular flexibility index (Phi) is 2.52. The first-order chi connectivity index (χ1) is 8.24. The van der Waals surface area contributed by atoms with Crippen LogP contribution in [-0.4, -0.2) is 39.5 Å². The topological polar surface area (TPSA) is 40.8 Å². The molecule has 3 rings (SSSR count). The van der Waals surface area contributed by atoms with Crippen LogP contribution in [0.25, 0.3) is 5.65 Å². The summed E-state index contributed by atoms with van der Waals surface area (Å²) in [6.07, 6.45) is 6.38. The monoisotopic (exact) mass is 231 g/mol. The SMILES string of the molecule is CN1CCCC(c2cn3cccc(O)c3n2)C1. The number of hydrogen-bond donors (Lipinski definition) is 1. The molecule has 1 atom stereocenters. The molecule has 2 aromatic rings. The molecule has 1 unspecified atom stereocenters. The molecule has 1 fully saturated rings. The third kappa shape index (κ3) is 1.89. The molecule has 0 amide bonds. The first-order valence-electron chi connectivity index (χ1n) is 6.09. The summed E-state index contributed by atoms with van der Waals surface area (Å²) in [6, 6.07) is 3.51. The lowest BCUT2D eigenvalue weighted by atomic mass is 9.96. The van der Waals surface area contributed by atoms with Crippen LogP contribution in [0.2, 0.25) is 0 Å². The Morgan fingerprint density at radius 1 is 1.47 bits per heavy atom. The van der Waals surface area contributed by atoms with E-state index in [0.29, 0.717) is 11.6 Å². The van der Waals surface area contributed by atoms with Gasteiger partial charge in [0, 0.05) is 24.9 Å². The molecule has 0 spiro atoms. The van der Waals surface area contributed by atoms with Gasteiger partial charge in [-0.3, -0.25) is 0 Å². The number of likely N-dealkylation sites (N-methyl/N-ethyl adjacent to an activating group) is 1. The second-order valence-corrected chi connectivity index (χ2v) is 4.89. The van der Waals surface area contributed by atoms with E-state index in [9.17, 15) is 5.11 Å². The standard InChI is InChI=1S/C13H17N3O/c1-15-6-2-4-10(8-15)11-9-16-7-3-5-12(17)13(16)14-11/h3,5,7,9-10,17H,2,4,6,8H2,1H3. The van der Waals surface area contributed by atoms with E-state index in [2.05, 4.69) is 16.9 Å². The molecule has 0 saturated carbocycles. The lowest BCUT2D eigenvalue weighted by molar-refractivity contribution is 0.249. The largest absolute Gasteiger partial charge is 0.504 e. The Labute approximate surface area is 101 Å². The molecule has 0 radical (unpaired) electrons. The van der Waals surface area contributed by atoms with Gasteiger partial charge in [-0.15, -0.1) is 0 Å². The van der Waals surface area contributed by atoms with Gasteiger partial charge < -0.3 is 14.4 Å². The number of nitrogens with zero attached hydrogens (tertiary/aromatic N) is 3. The summed E-state index contributed by atoms with van der Waals surface area (Å²) < 4.78 is 1.90. The average Bonchev–Trinajstić information content (AvgIpc) is 2.74. The molecule has 17 heavy (non-hydrogen) atoms. The Balaban J connectivity index is 1.97. The molecule has 0 aromatic carbocycles. The number of aromatic nitrogens is 2. The average molecular weight is 231 g/mol. The highest BCUT2D eigenvalue weighted by Gasteiger charge is 2.21. The summed E-state index contributed by atoms with van der Waals surface area (Å²) in [5.41, 5.74) is 1.76. The van der Waals surface area contributed by atoms with E-state index in [1.54, 1.807) is 6.07 Å². The molecule has 1 N–H and O–H groups in total. The highest BCUT2D eigenvalue weighted by molar-refractivity contribution is 5.53. The van der Waals surface area contributed by atoms with Gasteiger partial charge in [-0.05, 0) is 38.6 Å². The van der Waals surface area contributed by atoms with Crippen LogP contribution in [0.1, 0.15) is 24.5 Å². The Bertz CT molecular complexity index is 534. The van der Waals surface area contributed by atoms with Crippen molar-refractivity contribution in [2.75, 3.05) is 20.1 Å². The molecular formula is C13H17N3O. The van der Waals surface area contributed by atoms with Crippen LogP contribution in [0.3, 0.4) is 0 Å². The highest BCUT2D eigenvalue weighted by atomic mass is 16.3. The Hall–Kier alpha value is -1.55. The fourth-order valence-corrected chi connectivity index (χ4v) is 2.62. The van der Waals surface area contributed by atoms with Gasteiger partial charge in [0.25, 0.3) is 0 Å². The normalized spacial score (nSPS) is 22.1. The zero-order chi connectivity index (χ0) is 11.8. The van der Waals surface area contributed by atoms with Crippen molar-refractivity contribution in [1.82, 2.24) is 14.3 Å². The molecular weight excluding hydrogens is 214 g/mol. The maximum absolute atomic E-state index is 9.74. The molecule has 1 aliphatic heterocycles. The van der Waals surface area contributed by atoms with E-state index in [0.717, 1.165) is 12.2 Å². The smallest absolute Gasteiger partial charge is 0.179 e. The summed E-state index contributed by atoms with van der Waals surface area (Å²) in [5.74, 6) is 0.746. The molecule has 90 valence electrons. The van der Waals surface area contributed by atoms with E-state index in [1.807, 2.05) is 22.9 Å². The van der Waals surface area contributed by atoms with Crippen LogP contribution >= 0.6 is 0 Å². The minimum atomic E-state index is 0.253. The van der Waals surface area contributed by atoms with Gasteiger partial charge in [-0.1, -0.05) is 0 Å². The number of likely N-dealkylation sites (tertiary alicyclic amines) is 1. The number of aromatic hydroxyl groups is 1. The number of piperidine rings is 1. The van der Waals surface area contributed by atoms with Gasteiger partial charge >= 0.3 is 0 Å². The Morgan fingerprint density at radius 3 is 3.12 bits per heavy atom. The van der Waals surface area contributed by atoms with Crippen LogP contribution in [0.5, 0.6) is 5.75 Å². The summed E-state index contributed by atoms with van der Waals surface area (Å²) >= 11 is 0. The minimum absolute atomic E-state index is 0.253. The summed E-state index contributed by atoms with van der Waals surface area (Å²) in [5, 5.41) is 9.74. The molecule has 1 aliphatic rings. The number of imidazole rings is 1. The third-order valence-corrected chi connectivity index (χ3v) is 3.52. The van der Waals surface area contributed by atoms with Gasteiger partial charge in [-0.25, -0.2) is 4.98 Å². The number of pyridine rings is 1. The van der Waals surface area contributed by atoms with Crippen molar-refractivity contribution in [2.45, 2.75) is 18.8 Å².